The van der Waals surface area contributed by atoms with E-state index in [0.29, 0.717) is 5.56 Å². The molecule has 1 heterocycles. The quantitative estimate of drug-likeness (QED) is 0.867. The zero-order valence-electron chi connectivity index (χ0n) is 9.74. The molecular formula is C10H11Cl2N3O2S. The summed E-state index contributed by atoms with van der Waals surface area (Å²) in [5.41, 5.74) is 0.686. The predicted octanol–water partition coefficient (Wildman–Crippen LogP) is 2.74. The maximum absolute atomic E-state index is 11.9. The van der Waals surface area contributed by atoms with Crippen molar-refractivity contribution >= 4 is 38.9 Å². The van der Waals surface area contributed by atoms with Crippen molar-refractivity contribution in [2.24, 2.45) is 0 Å². The van der Waals surface area contributed by atoms with Crippen LogP contribution in [0.15, 0.2) is 6.07 Å². The predicted molar refractivity (Wildman–Crippen MR) is 71.2 cm³/mol. The van der Waals surface area contributed by atoms with Gasteiger partial charge in [0.25, 0.3) is 0 Å². The number of nitrogens with zero attached hydrogens (tertiary/aromatic N) is 2. The van der Waals surface area contributed by atoms with Gasteiger partial charge in [0.1, 0.15) is 5.15 Å². The van der Waals surface area contributed by atoms with Gasteiger partial charge >= 0.3 is 0 Å². The van der Waals surface area contributed by atoms with Crippen LogP contribution in [0.25, 0.3) is 0 Å². The molecule has 0 radical (unpaired) electrons. The van der Waals surface area contributed by atoms with Crippen molar-refractivity contribution in [2.45, 2.75) is 25.5 Å². The van der Waals surface area contributed by atoms with Crippen LogP contribution in [-0.4, -0.2) is 18.7 Å². The largest absolute Gasteiger partial charge is 0.279 e. The lowest BCUT2D eigenvalue weighted by molar-refractivity contribution is 0.592. The first-order valence-corrected chi connectivity index (χ1v) is 7.36. The normalized spacial score (nSPS) is 12.8. The van der Waals surface area contributed by atoms with E-state index in [2.05, 4.69) is 9.71 Å². The van der Waals surface area contributed by atoms with Crippen molar-refractivity contribution < 1.29 is 8.42 Å². The van der Waals surface area contributed by atoms with Gasteiger partial charge in [0.15, 0.2) is 10.4 Å². The minimum absolute atomic E-state index is 0.0450. The fourth-order valence-electron chi connectivity index (χ4n) is 1.31. The van der Waals surface area contributed by atoms with E-state index in [1.807, 2.05) is 0 Å². The molecule has 0 saturated heterocycles. The highest BCUT2D eigenvalue weighted by atomic mass is 35.5. The number of sulfonamides is 1. The Morgan fingerprint density at radius 1 is 1.56 bits per heavy atom. The Hall–Kier alpha value is -1.03. The number of aromatic nitrogens is 1. The summed E-state index contributed by atoms with van der Waals surface area (Å²) in [7, 11) is -3.81. The molecule has 5 nitrogen and oxygen atoms in total. The van der Waals surface area contributed by atoms with Crippen LogP contribution in [0.3, 0.4) is 0 Å². The molecule has 0 fully saturated rings. The number of hydrogen-bond donors (Lipinski definition) is 1. The van der Waals surface area contributed by atoms with Gasteiger partial charge in [-0.05, 0) is 25.0 Å². The van der Waals surface area contributed by atoms with Gasteiger partial charge in [0, 0.05) is 0 Å². The molecule has 1 rings (SSSR count). The molecule has 98 valence electrons. The number of anilines is 1. The SMILES string of the molecule is CCC(C#N)S(=O)(=O)Nc1c(C)cc(Cl)nc1Cl. The molecular weight excluding hydrogens is 297 g/mol. The second kappa shape index (κ2) is 5.74. The first kappa shape index (κ1) is 15.0. The fraction of sp³-hybridized carbons (Fsp3) is 0.400. The number of nitriles is 1. The number of hydrogen-bond acceptors (Lipinski definition) is 4. The molecule has 1 atom stereocenters. The Morgan fingerprint density at radius 3 is 2.61 bits per heavy atom. The van der Waals surface area contributed by atoms with Crippen molar-refractivity contribution in [2.75, 3.05) is 4.72 Å². The molecule has 0 aliphatic rings. The van der Waals surface area contributed by atoms with Crippen LogP contribution >= 0.6 is 23.2 Å². The summed E-state index contributed by atoms with van der Waals surface area (Å²) in [6.07, 6.45) is 0.184. The van der Waals surface area contributed by atoms with Gasteiger partial charge in [-0.25, -0.2) is 13.4 Å². The van der Waals surface area contributed by atoms with Crippen LogP contribution in [0.1, 0.15) is 18.9 Å². The van der Waals surface area contributed by atoms with E-state index in [4.69, 9.17) is 28.5 Å². The van der Waals surface area contributed by atoms with Gasteiger partial charge in [0.2, 0.25) is 10.0 Å². The van der Waals surface area contributed by atoms with Crippen LogP contribution in [0.4, 0.5) is 5.69 Å². The third-order valence-corrected chi connectivity index (χ3v) is 4.42. The van der Waals surface area contributed by atoms with Crippen LogP contribution < -0.4 is 4.72 Å². The zero-order valence-corrected chi connectivity index (χ0v) is 12.1. The maximum Gasteiger partial charge on any atom is 0.249 e. The fourth-order valence-corrected chi connectivity index (χ4v) is 3.21. The van der Waals surface area contributed by atoms with Gasteiger partial charge in [-0.3, -0.25) is 4.72 Å². The number of aryl methyl sites for hydroxylation is 1. The lowest BCUT2D eigenvalue weighted by Crippen LogP contribution is -2.26. The van der Waals surface area contributed by atoms with E-state index in [9.17, 15) is 8.42 Å². The standard InChI is InChI=1S/C10H11Cl2N3O2S/c1-3-7(5-13)18(16,17)15-9-6(2)4-8(11)14-10(9)12/h4,7,15H,3H2,1-2H3. The lowest BCUT2D eigenvalue weighted by Gasteiger charge is -2.14. The Kier molecular flexibility index (Phi) is 4.79. The minimum Gasteiger partial charge on any atom is -0.279 e. The minimum atomic E-state index is -3.81. The first-order chi connectivity index (χ1) is 8.31. The second-order valence-electron chi connectivity index (χ2n) is 3.60. The molecule has 1 N–H and O–H groups in total. The first-order valence-electron chi connectivity index (χ1n) is 5.05. The Labute approximate surface area is 116 Å². The molecule has 1 aromatic rings. The summed E-state index contributed by atoms with van der Waals surface area (Å²) in [6, 6.07) is 3.21. The van der Waals surface area contributed by atoms with Crippen molar-refractivity contribution in [3.05, 3.63) is 21.9 Å². The average Bonchev–Trinajstić information content (AvgIpc) is 2.24. The summed E-state index contributed by atoms with van der Waals surface area (Å²) in [5, 5.41) is 7.78. The van der Waals surface area contributed by atoms with Crippen LogP contribution in [-0.2, 0) is 10.0 Å². The molecule has 8 heteroatoms. The van der Waals surface area contributed by atoms with Gasteiger partial charge in [-0.2, -0.15) is 5.26 Å². The van der Waals surface area contributed by atoms with Gasteiger partial charge < -0.3 is 0 Å². The number of nitrogens with one attached hydrogen (secondary N) is 1. The zero-order chi connectivity index (χ0) is 13.9. The van der Waals surface area contributed by atoms with Crippen molar-refractivity contribution in [1.82, 2.24) is 4.98 Å². The number of rotatable bonds is 4. The van der Waals surface area contributed by atoms with E-state index in [0.717, 1.165) is 0 Å². The smallest absolute Gasteiger partial charge is 0.249 e. The van der Waals surface area contributed by atoms with E-state index < -0.39 is 15.3 Å². The molecule has 1 unspecified atom stereocenters. The van der Waals surface area contributed by atoms with Crippen LogP contribution in [0.5, 0.6) is 0 Å². The van der Waals surface area contributed by atoms with Crippen molar-refractivity contribution in [3.8, 4) is 6.07 Å². The van der Waals surface area contributed by atoms with Crippen LogP contribution in [0, 0.1) is 18.3 Å². The molecule has 0 saturated carbocycles. The van der Waals surface area contributed by atoms with E-state index in [1.54, 1.807) is 19.9 Å². The molecule has 0 amide bonds. The van der Waals surface area contributed by atoms with E-state index in [-0.39, 0.29) is 22.4 Å². The van der Waals surface area contributed by atoms with Crippen molar-refractivity contribution in [3.63, 3.8) is 0 Å². The summed E-state index contributed by atoms with van der Waals surface area (Å²) < 4.78 is 26.1. The summed E-state index contributed by atoms with van der Waals surface area (Å²) in [4.78, 5) is 3.75. The number of pyridine rings is 1. The van der Waals surface area contributed by atoms with Crippen LogP contribution in [0.2, 0.25) is 10.3 Å². The highest BCUT2D eigenvalue weighted by molar-refractivity contribution is 7.93. The summed E-state index contributed by atoms with van der Waals surface area (Å²) >= 11 is 11.5. The van der Waals surface area contributed by atoms with Gasteiger partial charge in [-0.15, -0.1) is 0 Å². The molecule has 0 aromatic carbocycles. The average molecular weight is 308 g/mol. The van der Waals surface area contributed by atoms with E-state index in [1.165, 1.54) is 6.07 Å². The number of halogens is 2. The molecule has 0 spiro atoms. The van der Waals surface area contributed by atoms with Gasteiger partial charge in [0.05, 0.1) is 11.8 Å². The summed E-state index contributed by atoms with van der Waals surface area (Å²) in [5.74, 6) is 0. The summed E-state index contributed by atoms with van der Waals surface area (Å²) in [6.45, 7) is 3.26. The monoisotopic (exact) mass is 307 g/mol. The highest BCUT2D eigenvalue weighted by Gasteiger charge is 2.25. The highest BCUT2D eigenvalue weighted by Crippen LogP contribution is 2.28. The molecule has 0 aliphatic carbocycles. The third-order valence-electron chi connectivity index (χ3n) is 2.27. The Morgan fingerprint density at radius 2 is 2.17 bits per heavy atom. The molecule has 0 bridgehead atoms. The van der Waals surface area contributed by atoms with E-state index >= 15 is 0 Å². The molecule has 18 heavy (non-hydrogen) atoms. The molecule has 1 aromatic heterocycles. The van der Waals surface area contributed by atoms with Crippen molar-refractivity contribution in [1.29, 1.82) is 5.26 Å². The third kappa shape index (κ3) is 3.25. The maximum atomic E-state index is 11.9. The van der Waals surface area contributed by atoms with Gasteiger partial charge in [-0.1, -0.05) is 30.1 Å². The molecule has 0 aliphatic heterocycles. The Bertz CT molecular complexity index is 573. The Balaban J connectivity index is 3.17. The lowest BCUT2D eigenvalue weighted by atomic mass is 10.3. The topological polar surface area (TPSA) is 82.8 Å². The second-order valence-corrected chi connectivity index (χ2v) is 6.21.